The minimum atomic E-state index is -0.451. The molecule has 2 aliphatic heterocycles. The highest BCUT2D eigenvalue weighted by molar-refractivity contribution is 8.00. The Bertz CT molecular complexity index is 916. The largest absolute Gasteiger partial charge is 0.369 e. The number of benzene rings is 2. The molecular weight excluding hydrogens is 394 g/mol. The predicted octanol–water partition coefficient (Wildman–Crippen LogP) is 4.45. The summed E-state index contributed by atoms with van der Waals surface area (Å²) in [6.45, 7) is 7.41. The summed E-state index contributed by atoms with van der Waals surface area (Å²) in [6, 6.07) is 18.0. The van der Waals surface area contributed by atoms with Gasteiger partial charge in [0, 0.05) is 36.1 Å². The third-order valence-electron chi connectivity index (χ3n) is 6.09. The van der Waals surface area contributed by atoms with Crippen molar-refractivity contribution >= 4 is 35.0 Å². The number of nitrogens with one attached hydrogen (secondary N) is 1. The number of rotatable bonds is 6. The lowest BCUT2D eigenvalue weighted by Crippen LogP contribution is -2.48. The summed E-state index contributed by atoms with van der Waals surface area (Å²) in [5.41, 5.74) is 3.01. The van der Waals surface area contributed by atoms with Crippen molar-refractivity contribution in [3.05, 3.63) is 60.2 Å². The maximum absolute atomic E-state index is 13.1. The van der Waals surface area contributed by atoms with Crippen molar-refractivity contribution in [1.82, 2.24) is 4.90 Å². The van der Waals surface area contributed by atoms with E-state index in [-0.39, 0.29) is 11.8 Å². The fraction of sp³-hybridized carbons (Fsp3) is 0.417. The van der Waals surface area contributed by atoms with Gasteiger partial charge in [0.15, 0.2) is 0 Å². The molecule has 0 radical (unpaired) electrons. The standard InChI is InChI=1S/C24H29N3O2S/c1-4-26(17(2)3)20-12-10-19(11-13-20)25-23(29)21-16-30-24(15-14-22(28)27(21)24)18-8-6-5-7-9-18/h5-13,17,21H,4,14-16H2,1-3H3,(H,25,29). The van der Waals surface area contributed by atoms with Gasteiger partial charge < -0.3 is 15.1 Å². The van der Waals surface area contributed by atoms with Crippen molar-refractivity contribution in [1.29, 1.82) is 0 Å². The highest BCUT2D eigenvalue weighted by Gasteiger charge is 2.56. The monoisotopic (exact) mass is 423 g/mol. The molecule has 2 amide bonds. The molecule has 0 bridgehead atoms. The van der Waals surface area contributed by atoms with Crippen molar-refractivity contribution < 1.29 is 9.59 Å². The van der Waals surface area contributed by atoms with Crippen LogP contribution < -0.4 is 10.2 Å². The number of hydrogen-bond donors (Lipinski definition) is 1. The van der Waals surface area contributed by atoms with Gasteiger partial charge in [0.1, 0.15) is 10.9 Å². The second-order valence-electron chi connectivity index (χ2n) is 8.16. The summed E-state index contributed by atoms with van der Waals surface area (Å²) in [4.78, 5) is 29.6. The van der Waals surface area contributed by atoms with Crippen LogP contribution in [0.1, 0.15) is 39.2 Å². The predicted molar refractivity (Wildman–Crippen MR) is 124 cm³/mol. The quantitative estimate of drug-likeness (QED) is 0.746. The highest BCUT2D eigenvalue weighted by Crippen LogP contribution is 2.54. The first-order valence-corrected chi connectivity index (χ1v) is 11.6. The number of nitrogens with zero attached hydrogens (tertiary/aromatic N) is 2. The minimum absolute atomic E-state index is 0.0647. The molecule has 6 heteroatoms. The molecule has 2 atom stereocenters. The van der Waals surface area contributed by atoms with E-state index in [1.54, 1.807) is 11.8 Å². The molecule has 0 spiro atoms. The molecule has 1 N–H and O–H groups in total. The molecule has 0 aliphatic carbocycles. The summed E-state index contributed by atoms with van der Waals surface area (Å²) in [5.74, 6) is 0.566. The van der Waals surface area contributed by atoms with E-state index in [4.69, 9.17) is 0 Å². The topological polar surface area (TPSA) is 52.7 Å². The maximum atomic E-state index is 13.1. The van der Waals surface area contributed by atoms with E-state index in [0.29, 0.717) is 18.2 Å². The molecule has 2 fully saturated rings. The Kier molecular flexibility index (Phi) is 5.78. The Morgan fingerprint density at radius 1 is 1.20 bits per heavy atom. The molecule has 5 nitrogen and oxygen atoms in total. The third-order valence-corrected chi connectivity index (χ3v) is 7.68. The summed E-state index contributed by atoms with van der Waals surface area (Å²) in [7, 11) is 0. The lowest BCUT2D eigenvalue weighted by molar-refractivity contribution is -0.136. The number of fused-ring (bicyclic) bond motifs is 1. The maximum Gasteiger partial charge on any atom is 0.248 e. The van der Waals surface area contributed by atoms with Gasteiger partial charge in [-0.15, -0.1) is 11.8 Å². The molecule has 158 valence electrons. The smallest absolute Gasteiger partial charge is 0.248 e. The van der Waals surface area contributed by atoms with Gasteiger partial charge in [0.2, 0.25) is 11.8 Å². The Labute approximate surface area is 182 Å². The van der Waals surface area contributed by atoms with Crippen LogP contribution in [-0.2, 0) is 14.5 Å². The average molecular weight is 424 g/mol. The Morgan fingerprint density at radius 3 is 2.53 bits per heavy atom. The molecule has 2 aliphatic rings. The van der Waals surface area contributed by atoms with Gasteiger partial charge in [0.05, 0.1) is 0 Å². The van der Waals surface area contributed by atoms with Crippen LogP contribution in [0.2, 0.25) is 0 Å². The zero-order valence-electron chi connectivity index (χ0n) is 17.8. The summed E-state index contributed by atoms with van der Waals surface area (Å²) >= 11 is 1.71. The van der Waals surface area contributed by atoms with Gasteiger partial charge >= 0.3 is 0 Å². The Morgan fingerprint density at radius 2 is 1.90 bits per heavy atom. The lowest BCUT2D eigenvalue weighted by atomic mass is 10.0. The second kappa shape index (κ2) is 8.34. The third kappa shape index (κ3) is 3.58. The van der Waals surface area contributed by atoms with E-state index in [1.165, 1.54) is 0 Å². The number of carbonyl (C=O) groups is 2. The van der Waals surface area contributed by atoms with Crippen LogP contribution in [-0.4, -0.2) is 41.1 Å². The summed E-state index contributed by atoms with van der Waals surface area (Å²) in [6.07, 6.45) is 1.24. The van der Waals surface area contributed by atoms with Crippen LogP contribution in [0.3, 0.4) is 0 Å². The van der Waals surface area contributed by atoms with Gasteiger partial charge in [-0.1, -0.05) is 30.3 Å². The first-order valence-electron chi connectivity index (χ1n) is 10.7. The van der Waals surface area contributed by atoms with Crippen LogP contribution in [0.15, 0.2) is 54.6 Å². The van der Waals surface area contributed by atoms with Crippen LogP contribution >= 0.6 is 11.8 Å². The Hall–Kier alpha value is -2.47. The van der Waals surface area contributed by atoms with Crippen molar-refractivity contribution in [2.24, 2.45) is 0 Å². The van der Waals surface area contributed by atoms with Gasteiger partial charge in [-0.2, -0.15) is 0 Å². The molecule has 2 unspecified atom stereocenters. The van der Waals surface area contributed by atoms with Crippen LogP contribution in [0.5, 0.6) is 0 Å². The molecule has 2 heterocycles. The van der Waals surface area contributed by atoms with Crippen molar-refractivity contribution in [2.45, 2.75) is 50.6 Å². The fourth-order valence-corrected chi connectivity index (χ4v) is 6.29. The number of anilines is 2. The molecule has 0 saturated carbocycles. The summed E-state index contributed by atoms with van der Waals surface area (Å²) in [5, 5.41) is 3.03. The van der Waals surface area contributed by atoms with E-state index >= 15 is 0 Å². The van der Waals surface area contributed by atoms with E-state index < -0.39 is 10.9 Å². The van der Waals surface area contributed by atoms with Gasteiger partial charge in [-0.25, -0.2) is 0 Å². The zero-order chi connectivity index (χ0) is 21.3. The normalized spacial score (nSPS) is 23.0. The first kappa shape index (κ1) is 20.8. The van der Waals surface area contributed by atoms with Gasteiger partial charge in [-0.3, -0.25) is 9.59 Å². The molecule has 30 heavy (non-hydrogen) atoms. The molecule has 2 aromatic rings. The molecule has 4 rings (SSSR count). The van der Waals surface area contributed by atoms with Crippen LogP contribution in [0.25, 0.3) is 0 Å². The lowest BCUT2D eigenvalue weighted by Gasteiger charge is -2.34. The van der Waals surface area contributed by atoms with Crippen molar-refractivity contribution in [2.75, 3.05) is 22.5 Å². The molecule has 0 aromatic heterocycles. The number of thioether (sulfide) groups is 1. The fourth-order valence-electron chi connectivity index (χ4n) is 4.64. The van der Waals surface area contributed by atoms with E-state index in [1.807, 2.05) is 47.4 Å². The zero-order valence-corrected chi connectivity index (χ0v) is 18.6. The van der Waals surface area contributed by atoms with Crippen molar-refractivity contribution in [3.63, 3.8) is 0 Å². The SMILES string of the molecule is CCN(c1ccc(NC(=O)C2CSC3(c4ccccc4)CCC(=O)N23)cc1)C(C)C. The molecule has 2 saturated heterocycles. The first-order chi connectivity index (χ1) is 14.5. The number of carbonyl (C=O) groups excluding carboxylic acids is 2. The van der Waals surface area contributed by atoms with Gasteiger partial charge in [-0.05, 0) is 57.0 Å². The van der Waals surface area contributed by atoms with E-state index in [2.05, 4.69) is 43.1 Å². The van der Waals surface area contributed by atoms with Crippen LogP contribution in [0.4, 0.5) is 11.4 Å². The number of amides is 2. The number of hydrogen-bond acceptors (Lipinski definition) is 4. The molecular formula is C24H29N3O2S. The van der Waals surface area contributed by atoms with E-state index in [0.717, 1.165) is 29.9 Å². The minimum Gasteiger partial charge on any atom is -0.369 e. The second-order valence-corrected chi connectivity index (χ2v) is 9.45. The van der Waals surface area contributed by atoms with Gasteiger partial charge in [0.25, 0.3) is 0 Å². The highest BCUT2D eigenvalue weighted by atomic mass is 32.2. The average Bonchev–Trinajstić information content (AvgIpc) is 3.29. The molecule has 2 aromatic carbocycles. The van der Waals surface area contributed by atoms with E-state index in [9.17, 15) is 9.59 Å². The van der Waals surface area contributed by atoms with Crippen LogP contribution in [0, 0.1) is 0 Å². The summed E-state index contributed by atoms with van der Waals surface area (Å²) < 4.78 is 0. The Balaban J connectivity index is 1.51. The van der Waals surface area contributed by atoms with Crippen molar-refractivity contribution in [3.8, 4) is 0 Å².